The number of rotatable bonds is 6. The van der Waals surface area contributed by atoms with E-state index in [4.69, 9.17) is 9.72 Å². The Morgan fingerprint density at radius 3 is 2.16 bits per heavy atom. The van der Waals surface area contributed by atoms with Crippen molar-refractivity contribution in [2.75, 3.05) is 6.61 Å². The maximum absolute atomic E-state index is 13.3. The fourth-order valence-corrected chi connectivity index (χ4v) is 4.72. The molecule has 0 aliphatic rings. The first-order chi connectivity index (χ1) is 18.2. The normalized spacial score (nSPS) is 11.1. The molecular weight excluding hydrogens is 472 g/mol. The van der Waals surface area contributed by atoms with E-state index < -0.39 is 5.97 Å². The first-order valence-corrected chi connectivity index (χ1v) is 12.7. The Labute approximate surface area is 222 Å². The van der Waals surface area contributed by atoms with Gasteiger partial charge in [-0.3, -0.25) is 4.79 Å². The number of benzene rings is 3. The number of hydrogen-bond donors (Lipinski definition) is 0. The molecule has 0 aliphatic carbocycles. The van der Waals surface area contributed by atoms with Crippen LogP contribution in [0.25, 0.3) is 27.8 Å². The third-order valence-corrected chi connectivity index (χ3v) is 7.04. The van der Waals surface area contributed by atoms with Gasteiger partial charge in [-0.25, -0.2) is 9.78 Å². The number of aromatic nitrogens is 2. The van der Waals surface area contributed by atoms with Crippen molar-refractivity contribution in [3.8, 4) is 16.9 Å². The Kier molecular flexibility index (Phi) is 6.68. The zero-order valence-corrected chi connectivity index (χ0v) is 22.3. The highest BCUT2D eigenvalue weighted by Crippen LogP contribution is 2.28. The van der Waals surface area contributed by atoms with Crippen molar-refractivity contribution >= 4 is 22.7 Å². The Bertz CT molecular complexity index is 1670. The summed E-state index contributed by atoms with van der Waals surface area (Å²) in [5.41, 5.74) is 9.70. The van der Waals surface area contributed by atoms with Crippen molar-refractivity contribution in [2.24, 2.45) is 0 Å². The summed E-state index contributed by atoms with van der Waals surface area (Å²) in [5, 5.41) is 0.701. The summed E-state index contributed by atoms with van der Waals surface area (Å²) in [7, 11) is 0. The van der Waals surface area contributed by atoms with Crippen LogP contribution in [0, 0.1) is 34.6 Å². The van der Waals surface area contributed by atoms with Gasteiger partial charge in [0.15, 0.2) is 12.4 Å². The molecule has 38 heavy (non-hydrogen) atoms. The predicted molar refractivity (Wildman–Crippen MR) is 151 cm³/mol. The number of nitrogens with zero attached hydrogens (tertiary/aromatic N) is 2. The van der Waals surface area contributed by atoms with Gasteiger partial charge >= 0.3 is 5.97 Å². The van der Waals surface area contributed by atoms with Gasteiger partial charge in [-0.2, -0.15) is 0 Å². The van der Waals surface area contributed by atoms with Gasteiger partial charge in [0.05, 0.1) is 16.8 Å². The smallest absolute Gasteiger partial charge is 0.339 e. The number of esters is 1. The lowest BCUT2D eigenvalue weighted by Crippen LogP contribution is -2.15. The van der Waals surface area contributed by atoms with Crippen LogP contribution in [0.2, 0.25) is 0 Å². The van der Waals surface area contributed by atoms with E-state index in [1.807, 2.05) is 63.2 Å². The van der Waals surface area contributed by atoms with Crippen molar-refractivity contribution in [1.29, 1.82) is 0 Å². The molecule has 0 atom stereocenters. The van der Waals surface area contributed by atoms with Crippen LogP contribution < -0.4 is 0 Å². The number of ether oxygens (including phenoxy) is 1. The number of pyridine rings is 1. The zero-order chi connectivity index (χ0) is 27.0. The van der Waals surface area contributed by atoms with Gasteiger partial charge in [0, 0.05) is 33.6 Å². The van der Waals surface area contributed by atoms with Crippen LogP contribution in [0.15, 0.2) is 78.9 Å². The second-order valence-corrected chi connectivity index (χ2v) is 9.87. The van der Waals surface area contributed by atoms with Crippen LogP contribution in [0.3, 0.4) is 0 Å². The molecule has 0 N–H and O–H groups in total. The maximum Gasteiger partial charge on any atom is 0.339 e. The molecule has 0 unspecified atom stereocenters. The number of aryl methyl sites for hydroxylation is 5. The van der Waals surface area contributed by atoms with Gasteiger partial charge in [0.25, 0.3) is 0 Å². The van der Waals surface area contributed by atoms with Crippen molar-refractivity contribution in [2.45, 2.75) is 34.6 Å². The SMILES string of the molecule is Cc1ccc2nc(-c3ccc(-n4c(C)ccc4C)cc3)cc(C(=O)OCC(=O)c3ccc(C)c(C)c3)c2c1. The molecule has 0 bridgehead atoms. The monoisotopic (exact) mass is 502 g/mol. The molecule has 0 amide bonds. The Hall–Kier alpha value is -4.51. The lowest BCUT2D eigenvalue weighted by molar-refractivity contribution is 0.0476. The summed E-state index contributed by atoms with van der Waals surface area (Å²) >= 11 is 0. The highest BCUT2D eigenvalue weighted by molar-refractivity contribution is 6.06. The second kappa shape index (κ2) is 10.1. The number of hydrogen-bond acceptors (Lipinski definition) is 4. The predicted octanol–water partition coefficient (Wildman–Crippen LogP) is 7.27. The Morgan fingerprint density at radius 2 is 1.47 bits per heavy atom. The molecule has 5 rings (SSSR count). The van der Waals surface area contributed by atoms with Crippen LogP contribution >= 0.6 is 0 Å². The summed E-state index contributed by atoms with van der Waals surface area (Å²) in [4.78, 5) is 30.9. The highest BCUT2D eigenvalue weighted by Gasteiger charge is 2.18. The summed E-state index contributed by atoms with van der Waals surface area (Å²) in [6, 6.07) is 25.4. The molecule has 5 aromatic rings. The molecule has 2 aromatic heterocycles. The van der Waals surface area contributed by atoms with Crippen LogP contribution in [-0.4, -0.2) is 27.9 Å². The number of carbonyl (C=O) groups excluding carboxylic acids is 2. The van der Waals surface area contributed by atoms with E-state index in [2.05, 4.69) is 42.7 Å². The van der Waals surface area contributed by atoms with Crippen LogP contribution in [-0.2, 0) is 4.74 Å². The molecule has 0 saturated carbocycles. The average molecular weight is 503 g/mol. The quantitative estimate of drug-likeness (QED) is 0.181. The average Bonchev–Trinajstić information content (AvgIpc) is 3.25. The third-order valence-electron chi connectivity index (χ3n) is 7.04. The van der Waals surface area contributed by atoms with Gasteiger partial charge < -0.3 is 9.30 Å². The van der Waals surface area contributed by atoms with E-state index in [1.165, 1.54) is 0 Å². The fraction of sp³-hybridized carbons (Fsp3) is 0.182. The largest absolute Gasteiger partial charge is 0.454 e. The van der Waals surface area contributed by atoms with Gasteiger partial charge in [0.2, 0.25) is 0 Å². The molecule has 0 aliphatic heterocycles. The minimum Gasteiger partial charge on any atom is -0.454 e. The lowest BCUT2D eigenvalue weighted by Gasteiger charge is -2.13. The Morgan fingerprint density at radius 1 is 0.763 bits per heavy atom. The zero-order valence-electron chi connectivity index (χ0n) is 22.3. The van der Waals surface area contributed by atoms with E-state index in [0.29, 0.717) is 27.7 Å². The summed E-state index contributed by atoms with van der Waals surface area (Å²) in [6.07, 6.45) is 0. The molecule has 0 fully saturated rings. The van der Waals surface area contributed by atoms with Gasteiger partial charge in [-0.1, -0.05) is 35.9 Å². The topological polar surface area (TPSA) is 61.2 Å². The molecule has 2 heterocycles. The van der Waals surface area contributed by atoms with Gasteiger partial charge in [-0.15, -0.1) is 0 Å². The molecule has 5 heteroatoms. The van der Waals surface area contributed by atoms with Gasteiger partial charge in [0.1, 0.15) is 0 Å². The first kappa shape index (κ1) is 25.2. The van der Waals surface area contributed by atoms with Crippen molar-refractivity contribution in [1.82, 2.24) is 9.55 Å². The van der Waals surface area contributed by atoms with E-state index in [9.17, 15) is 9.59 Å². The highest BCUT2D eigenvalue weighted by atomic mass is 16.5. The van der Waals surface area contributed by atoms with Crippen LogP contribution in [0.5, 0.6) is 0 Å². The standard InChI is InChI=1S/C33H30N2O3/c1-20-6-15-30-28(16-20)29(33(37)38-19-32(36)26-10-7-21(2)22(3)17-26)18-31(34-30)25-11-13-27(14-12-25)35-23(4)8-9-24(35)5/h6-18H,19H2,1-5H3. The van der Waals surface area contributed by atoms with E-state index in [1.54, 1.807) is 12.1 Å². The summed E-state index contributed by atoms with van der Waals surface area (Å²) < 4.78 is 7.72. The van der Waals surface area contributed by atoms with Crippen LogP contribution in [0.4, 0.5) is 0 Å². The maximum atomic E-state index is 13.3. The van der Waals surface area contributed by atoms with Crippen LogP contribution in [0.1, 0.15) is 48.8 Å². The van der Waals surface area contributed by atoms with E-state index in [-0.39, 0.29) is 12.4 Å². The van der Waals surface area contributed by atoms with E-state index >= 15 is 0 Å². The number of Topliss-reactive ketones (excluding diaryl/α,β-unsaturated/α-hetero) is 1. The number of ketones is 1. The van der Waals surface area contributed by atoms with Crippen molar-refractivity contribution in [3.63, 3.8) is 0 Å². The second-order valence-electron chi connectivity index (χ2n) is 9.87. The molecule has 0 radical (unpaired) electrons. The fourth-order valence-electron chi connectivity index (χ4n) is 4.72. The number of carbonyl (C=O) groups is 2. The molecule has 0 saturated heterocycles. The molecule has 5 nitrogen and oxygen atoms in total. The molecular formula is C33H30N2O3. The first-order valence-electron chi connectivity index (χ1n) is 12.7. The van der Waals surface area contributed by atoms with Gasteiger partial charge in [-0.05, 0) is 94.3 Å². The lowest BCUT2D eigenvalue weighted by atomic mass is 10.0. The van der Waals surface area contributed by atoms with Crippen molar-refractivity contribution in [3.05, 3.63) is 118 Å². The molecule has 0 spiro atoms. The summed E-state index contributed by atoms with van der Waals surface area (Å²) in [6.45, 7) is 9.76. The third kappa shape index (κ3) is 4.88. The summed E-state index contributed by atoms with van der Waals surface area (Å²) in [5.74, 6) is -0.779. The minimum absolute atomic E-state index is 0.234. The minimum atomic E-state index is -0.545. The Balaban J connectivity index is 1.46. The molecule has 190 valence electrons. The van der Waals surface area contributed by atoms with Crippen molar-refractivity contribution < 1.29 is 14.3 Å². The van der Waals surface area contributed by atoms with E-state index in [0.717, 1.165) is 39.3 Å². The number of fused-ring (bicyclic) bond motifs is 1. The molecule has 3 aromatic carbocycles.